The lowest BCUT2D eigenvalue weighted by Crippen LogP contribution is -2.11. The van der Waals surface area contributed by atoms with Gasteiger partial charge in [0, 0.05) is 11.3 Å². The highest BCUT2D eigenvalue weighted by molar-refractivity contribution is 7.94. The van der Waals surface area contributed by atoms with Crippen LogP contribution < -0.4 is 4.72 Å². The zero-order chi connectivity index (χ0) is 17.4. The Balaban J connectivity index is 1.61. The molecule has 126 valence electrons. The molecular weight excluding hydrogens is 372 g/mol. The van der Waals surface area contributed by atoms with E-state index in [1.165, 1.54) is 16.9 Å². The number of thiazole rings is 1. The van der Waals surface area contributed by atoms with Crippen LogP contribution in [0.15, 0.2) is 64.2 Å². The Kier molecular flexibility index (Phi) is 4.07. The van der Waals surface area contributed by atoms with Crippen molar-refractivity contribution in [2.24, 2.45) is 0 Å². The van der Waals surface area contributed by atoms with Gasteiger partial charge in [0.15, 0.2) is 0 Å². The largest absolute Gasteiger partial charge is 0.279 e. The summed E-state index contributed by atoms with van der Waals surface area (Å²) in [6.45, 7) is 2.05. The Hall–Kier alpha value is -2.22. The van der Waals surface area contributed by atoms with Gasteiger partial charge in [-0.05, 0) is 60.3 Å². The zero-order valence-corrected chi connectivity index (χ0v) is 15.7. The highest BCUT2D eigenvalue weighted by Crippen LogP contribution is 2.31. The lowest BCUT2D eigenvalue weighted by molar-refractivity contribution is 0.603. The first kappa shape index (κ1) is 16.3. The molecule has 0 spiro atoms. The van der Waals surface area contributed by atoms with Crippen molar-refractivity contribution in [3.63, 3.8) is 0 Å². The first-order valence-corrected chi connectivity index (χ1v) is 10.7. The second-order valence-electron chi connectivity index (χ2n) is 5.61. The van der Waals surface area contributed by atoms with Crippen molar-refractivity contribution in [3.05, 3.63) is 65.5 Å². The van der Waals surface area contributed by atoms with E-state index in [4.69, 9.17) is 0 Å². The van der Waals surface area contributed by atoms with Gasteiger partial charge >= 0.3 is 0 Å². The molecule has 0 amide bonds. The summed E-state index contributed by atoms with van der Waals surface area (Å²) in [5.74, 6) is 0. The van der Waals surface area contributed by atoms with Crippen LogP contribution in [-0.2, 0) is 10.0 Å². The van der Waals surface area contributed by atoms with E-state index >= 15 is 0 Å². The molecule has 1 N–H and O–H groups in total. The molecule has 2 heterocycles. The number of nitrogens with zero attached hydrogens (tertiary/aromatic N) is 1. The summed E-state index contributed by atoms with van der Waals surface area (Å²) >= 11 is 2.82. The summed E-state index contributed by atoms with van der Waals surface area (Å²) in [5, 5.41) is 2.67. The molecule has 2 aromatic heterocycles. The summed E-state index contributed by atoms with van der Waals surface area (Å²) in [5.41, 5.74) is 3.68. The fourth-order valence-electron chi connectivity index (χ4n) is 2.46. The van der Waals surface area contributed by atoms with Crippen molar-refractivity contribution < 1.29 is 8.42 Å². The number of sulfonamides is 1. The van der Waals surface area contributed by atoms with Crippen molar-refractivity contribution in [3.8, 4) is 10.6 Å². The minimum Gasteiger partial charge on any atom is -0.279 e. The zero-order valence-electron chi connectivity index (χ0n) is 13.3. The van der Waals surface area contributed by atoms with E-state index in [9.17, 15) is 8.42 Å². The minimum absolute atomic E-state index is 0.304. The molecule has 0 unspecified atom stereocenters. The van der Waals surface area contributed by atoms with Gasteiger partial charge < -0.3 is 0 Å². The van der Waals surface area contributed by atoms with Crippen LogP contribution in [0.1, 0.15) is 5.56 Å². The topological polar surface area (TPSA) is 59.1 Å². The molecule has 0 atom stereocenters. The standard InChI is InChI=1S/C18H14N2O2S3/c1-12-4-9-16-15(11-12)19-18(24-16)13-5-7-14(8-6-13)20-25(21,22)17-3-2-10-23-17/h2-11,20H,1H3. The van der Waals surface area contributed by atoms with Crippen molar-refractivity contribution in [2.75, 3.05) is 4.72 Å². The average Bonchev–Trinajstić information content (AvgIpc) is 3.24. The number of benzene rings is 2. The summed E-state index contributed by atoms with van der Waals surface area (Å²) in [7, 11) is -3.52. The predicted molar refractivity (Wildman–Crippen MR) is 105 cm³/mol. The van der Waals surface area contributed by atoms with E-state index in [2.05, 4.69) is 27.9 Å². The molecule has 0 aliphatic rings. The number of hydrogen-bond donors (Lipinski definition) is 1. The molecular formula is C18H14N2O2S3. The molecule has 0 saturated heterocycles. The first-order chi connectivity index (χ1) is 12.0. The van der Waals surface area contributed by atoms with Gasteiger partial charge in [0.2, 0.25) is 0 Å². The number of aromatic nitrogens is 1. The molecule has 4 rings (SSSR count). The van der Waals surface area contributed by atoms with Crippen LogP contribution in [0.3, 0.4) is 0 Å². The first-order valence-electron chi connectivity index (χ1n) is 7.55. The Labute approximate surface area is 153 Å². The summed E-state index contributed by atoms with van der Waals surface area (Å²) in [4.78, 5) is 4.67. The highest BCUT2D eigenvalue weighted by atomic mass is 32.2. The van der Waals surface area contributed by atoms with Gasteiger partial charge in [-0.3, -0.25) is 4.72 Å². The number of thiophene rings is 1. The van der Waals surface area contributed by atoms with E-state index in [0.29, 0.717) is 9.90 Å². The van der Waals surface area contributed by atoms with Crippen LogP contribution in [0.2, 0.25) is 0 Å². The van der Waals surface area contributed by atoms with E-state index in [0.717, 1.165) is 20.8 Å². The Morgan fingerprint density at radius 2 is 1.84 bits per heavy atom. The predicted octanol–water partition coefficient (Wildman–Crippen LogP) is 5.13. The SMILES string of the molecule is Cc1ccc2sc(-c3ccc(NS(=O)(=O)c4cccs4)cc3)nc2c1. The van der Waals surface area contributed by atoms with Crippen LogP contribution in [0.4, 0.5) is 5.69 Å². The fourth-order valence-corrected chi connectivity index (χ4v) is 5.47. The van der Waals surface area contributed by atoms with E-state index in [1.807, 2.05) is 19.1 Å². The Morgan fingerprint density at radius 1 is 1.04 bits per heavy atom. The van der Waals surface area contributed by atoms with Gasteiger partial charge in [0.05, 0.1) is 10.2 Å². The molecule has 7 heteroatoms. The number of fused-ring (bicyclic) bond motifs is 1. The van der Waals surface area contributed by atoms with Gasteiger partial charge in [0.1, 0.15) is 9.22 Å². The number of nitrogens with one attached hydrogen (secondary N) is 1. The fraction of sp³-hybridized carbons (Fsp3) is 0.0556. The number of aryl methyl sites for hydroxylation is 1. The smallest absolute Gasteiger partial charge is 0.271 e. The Bertz CT molecular complexity index is 1130. The second kappa shape index (κ2) is 6.25. The van der Waals surface area contributed by atoms with E-state index < -0.39 is 10.0 Å². The lowest BCUT2D eigenvalue weighted by Gasteiger charge is -2.06. The number of hydrogen-bond acceptors (Lipinski definition) is 5. The third kappa shape index (κ3) is 3.30. The number of rotatable bonds is 4. The normalized spacial score (nSPS) is 11.7. The maximum absolute atomic E-state index is 12.3. The monoisotopic (exact) mass is 386 g/mol. The number of anilines is 1. The molecule has 4 aromatic rings. The molecule has 0 saturated carbocycles. The molecule has 0 fully saturated rings. The molecule has 0 aliphatic carbocycles. The quantitative estimate of drug-likeness (QED) is 0.529. The lowest BCUT2D eigenvalue weighted by atomic mass is 10.2. The maximum Gasteiger partial charge on any atom is 0.271 e. The van der Waals surface area contributed by atoms with E-state index in [1.54, 1.807) is 41.0 Å². The van der Waals surface area contributed by atoms with Crippen molar-refractivity contribution in [1.29, 1.82) is 0 Å². The van der Waals surface area contributed by atoms with Crippen LogP contribution in [0.5, 0.6) is 0 Å². The molecule has 0 aliphatic heterocycles. The minimum atomic E-state index is -3.52. The molecule has 0 bridgehead atoms. The van der Waals surface area contributed by atoms with Gasteiger partial charge in [-0.15, -0.1) is 22.7 Å². The van der Waals surface area contributed by atoms with Gasteiger partial charge in [0.25, 0.3) is 10.0 Å². The van der Waals surface area contributed by atoms with Gasteiger partial charge in [-0.25, -0.2) is 13.4 Å². The van der Waals surface area contributed by atoms with Crippen molar-refractivity contribution in [1.82, 2.24) is 4.98 Å². The maximum atomic E-state index is 12.3. The summed E-state index contributed by atoms with van der Waals surface area (Å²) < 4.78 is 28.6. The van der Waals surface area contributed by atoms with Crippen molar-refractivity contribution >= 4 is 48.6 Å². The van der Waals surface area contributed by atoms with Gasteiger partial charge in [-0.1, -0.05) is 12.1 Å². The second-order valence-corrected chi connectivity index (χ2v) is 9.49. The third-order valence-electron chi connectivity index (χ3n) is 3.69. The summed E-state index contributed by atoms with van der Waals surface area (Å²) in [6, 6.07) is 16.8. The van der Waals surface area contributed by atoms with Gasteiger partial charge in [-0.2, -0.15) is 0 Å². The van der Waals surface area contributed by atoms with E-state index in [-0.39, 0.29) is 0 Å². The summed E-state index contributed by atoms with van der Waals surface area (Å²) in [6.07, 6.45) is 0. The molecule has 2 aromatic carbocycles. The highest BCUT2D eigenvalue weighted by Gasteiger charge is 2.15. The molecule has 25 heavy (non-hydrogen) atoms. The van der Waals surface area contributed by atoms with Crippen LogP contribution in [0, 0.1) is 6.92 Å². The molecule has 4 nitrogen and oxygen atoms in total. The third-order valence-corrected chi connectivity index (χ3v) is 7.55. The van der Waals surface area contributed by atoms with Crippen molar-refractivity contribution in [2.45, 2.75) is 11.1 Å². The van der Waals surface area contributed by atoms with Crippen LogP contribution in [-0.4, -0.2) is 13.4 Å². The Morgan fingerprint density at radius 3 is 2.56 bits per heavy atom. The van der Waals surface area contributed by atoms with Crippen LogP contribution in [0.25, 0.3) is 20.8 Å². The average molecular weight is 387 g/mol. The van der Waals surface area contributed by atoms with Crippen LogP contribution >= 0.6 is 22.7 Å². The molecule has 0 radical (unpaired) electrons.